The molecule has 1 aliphatic heterocycles. The van der Waals surface area contributed by atoms with Crippen molar-refractivity contribution in [3.63, 3.8) is 0 Å². The van der Waals surface area contributed by atoms with Gasteiger partial charge in [0.25, 0.3) is 0 Å². The van der Waals surface area contributed by atoms with Gasteiger partial charge in [-0.25, -0.2) is 0 Å². The molecule has 1 fully saturated rings. The molecule has 96 valence electrons. The Labute approximate surface area is 105 Å². The van der Waals surface area contributed by atoms with E-state index < -0.39 is 14.5 Å². The highest BCUT2D eigenvalue weighted by atomic mass is 33.1. The second kappa shape index (κ2) is 10.6. The number of carbonyl (C=O) groups is 1. The summed E-state index contributed by atoms with van der Waals surface area (Å²) in [5, 5.41) is 9.19. The fourth-order valence-electron chi connectivity index (χ4n) is 1.21. The fraction of sp³-hybridized carbons (Fsp3) is 0.875. The molecule has 0 saturated carbocycles. The second-order valence-electron chi connectivity index (χ2n) is 3.29. The van der Waals surface area contributed by atoms with Crippen molar-refractivity contribution in [2.75, 3.05) is 5.75 Å². The summed E-state index contributed by atoms with van der Waals surface area (Å²) >= 11 is 0. The average Bonchev–Trinajstić information content (AvgIpc) is 2.63. The van der Waals surface area contributed by atoms with Crippen molar-refractivity contribution in [1.82, 2.24) is 0 Å². The van der Waals surface area contributed by atoms with Crippen LogP contribution < -0.4 is 5.50 Å². The molecule has 0 aliphatic carbocycles. The van der Waals surface area contributed by atoms with Crippen LogP contribution in [0.5, 0.6) is 0 Å². The van der Waals surface area contributed by atoms with Crippen LogP contribution in [0.1, 0.15) is 32.1 Å². The molecule has 0 aromatic heterocycles. The monoisotopic (exact) mass is 287 g/mol. The lowest BCUT2D eigenvalue weighted by Gasteiger charge is -2.04. The summed E-state index contributed by atoms with van der Waals surface area (Å²) in [6, 6.07) is 0. The van der Waals surface area contributed by atoms with Crippen LogP contribution in [0.4, 0.5) is 0 Å². The summed E-state index contributed by atoms with van der Waals surface area (Å²) < 4.78 is 0. The van der Waals surface area contributed by atoms with E-state index in [4.69, 9.17) is 14.9 Å². The summed E-state index contributed by atoms with van der Waals surface area (Å²) in [7, 11) is 1.80. The Kier molecular flexibility index (Phi) is 10.9. The van der Waals surface area contributed by atoms with Crippen molar-refractivity contribution < 1.29 is 19.7 Å². The summed E-state index contributed by atoms with van der Waals surface area (Å²) in [6.07, 6.45) is 4.76. The van der Waals surface area contributed by atoms with Gasteiger partial charge >= 0.3 is 5.97 Å². The summed E-state index contributed by atoms with van der Waals surface area (Å²) in [6.45, 7) is 0. The molecule has 5 nitrogen and oxygen atoms in total. The molecule has 1 saturated heterocycles. The van der Waals surface area contributed by atoms with Gasteiger partial charge in [0.1, 0.15) is 0 Å². The van der Waals surface area contributed by atoms with Crippen LogP contribution in [0.15, 0.2) is 0 Å². The summed E-state index contributed by atoms with van der Waals surface area (Å²) in [5.41, 5.74) is 4.29. The maximum Gasteiger partial charge on any atom is 0.303 e. The number of hydrogen-bond donors (Lipinski definition) is 4. The summed E-state index contributed by atoms with van der Waals surface area (Å²) in [5.74, 6) is 0.609. The van der Waals surface area contributed by atoms with Crippen LogP contribution in [0, 0.1) is 0 Å². The van der Waals surface area contributed by atoms with Crippen molar-refractivity contribution in [1.29, 1.82) is 0 Å². The number of aliphatic carboxylic acids is 1. The van der Waals surface area contributed by atoms with Gasteiger partial charge in [-0.05, 0) is 19.3 Å². The normalized spacial score (nSPS) is 19.4. The highest BCUT2D eigenvalue weighted by Gasteiger charge is 2.15. The Hall–Kier alpha value is 0.480. The smallest absolute Gasteiger partial charge is 0.303 e. The second-order valence-corrected chi connectivity index (χ2v) is 6.72. The van der Waals surface area contributed by atoms with E-state index in [0.717, 1.165) is 18.1 Å². The molecular formula is C8H18NO4PS2. The lowest BCUT2D eigenvalue weighted by atomic mass is 10.1. The molecule has 1 atom stereocenters. The zero-order valence-electron chi connectivity index (χ0n) is 8.91. The molecule has 8 heteroatoms. The van der Waals surface area contributed by atoms with Gasteiger partial charge in [0.2, 0.25) is 8.53 Å². The number of nitrogens with two attached hydrogens (primary N) is 1. The van der Waals surface area contributed by atoms with Crippen LogP contribution in [0.25, 0.3) is 0 Å². The zero-order chi connectivity index (χ0) is 12.4. The molecule has 0 unspecified atom stereocenters. The molecule has 1 rings (SSSR count). The third kappa shape index (κ3) is 12.5. The highest BCUT2D eigenvalue weighted by Crippen LogP contribution is 2.39. The largest absolute Gasteiger partial charge is 0.481 e. The van der Waals surface area contributed by atoms with E-state index in [-0.39, 0.29) is 0 Å². The molecule has 0 amide bonds. The minimum Gasteiger partial charge on any atom is -0.481 e. The van der Waals surface area contributed by atoms with E-state index >= 15 is 0 Å². The third-order valence-electron chi connectivity index (χ3n) is 1.89. The number of rotatable bonds is 5. The number of carboxylic acid groups (broad SMARTS) is 1. The molecular weight excluding hydrogens is 269 g/mol. The Morgan fingerprint density at radius 3 is 2.50 bits per heavy atom. The molecule has 0 radical (unpaired) electrons. The first-order chi connectivity index (χ1) is 7.52. The number of hydrogen-bond acceptors (Lipinski definition) is 6. The van der Waals surface area contributed by atoms with Gasteiger partial charge < -0.3 is 14.9 Å². The lowest BCUT2D eigenvalue weighted by Crippen LogP contribution is -1.99. The quantitative estimate of drug-likeness (QED) is 0.348. The Balaban J connectivity index is 0.000000487. The van der Waals surface area contributed by atoms with E-state index in [9.17, 15) is 4.79 Å². The lowest BCUT2D eigenvalue weighted by molar-refractivity contribution is -0.137. The molecule has 1 heterocycles. The minimum atomic E-state index is -2.12. The van der Waals surface area contributed by atoms with Crippen molar-refractivity contribution in [2.24, 2.45) is 5.50 Å². The highest BCUT2D eigenvalue weighted by molar-refractivity contribution is 8.77. The number of carboxylic acids is 1. The van der Waals surface area contributed by atoms with Gasteiger partial charge in [-0.3, -0.25) is 10.3 Å². The standard InChI is InChI=1S/C8H14O2S2.H4NO2P/c9-8(10)4-2-1-3-7-5-6-11-12-7;1-4(2)3/h7H,1-6H2,(H,9,10);2-3H,1H2/t7-;/m1./s1. The number of unbranched alkanes of at least 4 members (excludes halogenated alkanes) is 1. The van der Waals surface area contributed by atoms with Gasteiger partial charge in [0.05, 0.1) is 0 Å². The molecule has 0 bridgehead atoms. The molecule has 5 N–H and O–H groups in total. The zero-order valence-corrected chi connectivity index (χ0v) is 11.4. The topological polar surface area (TPSA) is 104 Å². The predicted octanol–water partition coefficient (Wildman–Crippen LogP) is 1.94. The van der Waals surface area contributed by atoms with E-state index in [1.54, 1.807) is 0 Å². The SMILES string of the molecule is NP(O)O.O=C(O)CCCC[C@@H]1CCSS1. The van der Waals surface area contributed by atoms with Gasteiger partial charge in [0.15, 0.2) is 0 Å². The van der Waals surface area contributed by atoms with E-state index in [0.29, 0.717) is 6.42 Å². The average molecular weight is 287 g/mol. The van der Waals surface area contributed by atoms with E-state index in [1.807, 2.05) is 21.6 Å². The first-order valence-electron chi connectivity index (χ1n) is 4.95. The first-order valence-corrected chi connectivity index (χ1v) is 8.65. The van der Waals surface area contributed by atoms with Crippen LogP contribution in [-0.4, -0.2) is 31.9 Å². The molecule has 1 aliphatic rings. The third-order valence-corrected chi connectivity index (χ3v) is 4.90. The molecule has 0 aromatic rings. The molecule has 16 heavy (non-hydrogen) atoms. The van der Waals surface area contributed by atoms with Gasteiger partial charge in [-0.2, -0.15) is 0 Å². The van der Waals surface area contributed by atoms with Crippen LogP contribution in [0.3, 0.4) is 0 Å². The van der Waals surface area contributed by atoms with Crippen LogP contribution >= 0.6 is 30.1 Å². The van der Waals surface area contributed by atoms with Crippen molar-refractivity contribution in [2.45, 2.75) is 37.4 Å². The van der Waals surface area contributed by atoms with E-state index in [1.165, 1.54) is 18.6 Å². The first kappa shape index (κ1) is 16.5. The minimum absolute atomic E-state index is 0.338. The van der Waals surface area contributed by atoms with Gasteiger partial charge in [-0.15, -0.1) is 0 Å². The fourth-order valence-corrected chi connectivity index (χ4v) is 4.24. The molecule has 0 spiro atoms. The van der Waals surface area contributed by atoms with Crippen molar-refractivity contribution >= 4 is 36.1 Å². The van der Waals surface area contributed by atoms with Crippen LogP contribution in [-0.2, 0) is 4.79 Å². The van der Waals surface area contributed by atoms with Crippen molar-refractivity contribution in [3.05, 3.63) is 0 Å². The van der Waals surface area contributed by atoms with Gasteiger partial charge in [0, 0.05) is 17.4 Å². The summed E-state index contributed by atoms with van der Waals surface area (Å²) in [4.78, 5) is 25.1. The molecule has 0 aromatic carbocycles. The Morgan fingerprint density at radius 1 is 1.44 bits per heavy atom. The predicted molar refractivity (Wildman–Crippen MR) is 70.1 cm³/mol. The Morgan fingerprint density at radius 2 is 2.06 bits per heavy atom. The van der Waals surface area contributed by atoms with Crippen molar-refractivity contribution in [3.8, 4) is 0 Å². The van der Waals surface area contributed by atoms with Crippen LogP contribution in [0.2, 0.25) is 0 Å². The maximum atomic E-state index is 10.2. The van der Waals surface area contributed by atoms with Gasteiger partial charge in [-0.1, -0.05) is 28.0 Å². The Bertz CT molecular complexity index is 188. The maximum absolute atomic E-state index is 10.2. The van der Waals surface area contributed by atoms with E-state index in [2.05, 4.69) is 5.50 Å².